The third-order valence-electron chi connectivity index (χ3n) is 4.36. The first kappa shape index (κ1) is 24.3. The molecule has 9 nitrogen and oxygen atoms in total. The van der Waals surface area contributed by atoms with Gasteiger partial charge >= 0.3 is 0 Å². The van der Waals surface area contributed by atoms with E-state index in [4.69, 9.17) is 20.3 Å². The summed E-state index contributed by atoms with van der Waals surface area (Å²) in [6, 6.07) is 12.7. The fourth-order valence-electron chi connectivity index (χ4n) is 2.77. The van der Waals surface area contributed by atoms with E-state index in [-0.39, 0.29) is 33.2 Å². The highest BCUT2D eigenvalue weighted by atomic mass is 16.5. The molecule has 1 atom stereocenters. The number of fused-ring (bicyclic) bond motifs is 1. The van der Waals surface area contributed by atoms with Gasteiger partial charge in [-0.3, -0.25) is 9.20 Å². The number of rotatable bonds is 10. The van der Waals surface area contributed by atoms with Crippen LogP contribution in [0, 0.1) is 0 Å². The average Bonchev–Trinajstić information content (AvgIpc) is 3.14. The number of aromatic nitrogens is 3. The summed E-state index contributed by atoms with van der Waals surface area (Å²) >= 11 is 0. The second-order valence-corrected chi connectivity index (χ2v) is 7.47. The summed E-state index contributed by atoms with van der Waals surface area (Å²) in [7, 11) is 0. The smallest absolute Gasteiger partial charge is 0.240 e. The monoisotopic (exact) mass is 429 g/mol. The van der Waals surface area contributed by atoms with Crippen LogP contribution in [0.4, 0.5) is 0 Å². The van der Waals surface area contributed by atoms with Crippen molar-refractivity contribution in [2.24, 2.45) is 5.73 Å². The minimum atomic E-state index is -1.06. The zero-order chi connectivity index (χ0) is 21.6. The number of nitrogens with two attached hydrogens (primary N) is 1. The van der Waals surface area contributed by atoms with Gasteiger partial charge in [-0.25, -0.2) is 0 Å². The Bertz CT molecular complexity index is 969. The summed E-state index contributed by atoms with van der Waals surface area (Å²) in [4.78, 5) is 12.5. The number of carbonyl (C=O) groups excluding carboxylic acids is 1. The number of benzene rings is 1. The highest BCUT2D eigenvalue weighted by Crippen LogP contribution is 2.19. The SMILES string of the molecule is C.CC(C)(N)C(=O)N[C@H](COCc1ccccc1)c1nnc2ccc(OCCO)cn12. The van der Waals surface area contributed by atoms with Crippen molar-refractivity contribution in [3.8, 4) is 5.75 Å². The molecule has 0 aliphatic carbocycles. The summed E-state index contributed by atoms with van der Waals surface area (Å²) < 4.78 is 13.1. The Kier molecular flexibility index (Phi) is 8.49. The van der Waals surface area contributed by atoms with Crippen LogP contribution in [0.15, 0.2) is 48.7 Å². The van der Waals surface area contributed by atoms with Crippen LogP contribution in [0.2, 0.25) is 0 Å². The highest BCUT2D eigenvalue weighted by Gasteiger charge is 2.28. The molecule has 2 aromatic heterocycles. The lowest BCUT2D eigenvalue weighted by molar-refractivity contribution is -0.126. The Labute approximate surface area is 182 Å². The Hall–Kier alpha value is -3.01. The number of carbonyl (C=O) groups is 1. The number of pyridine rings is 1. The van der Waals surface area contributed by atoms with Gasteiger partial charge in [-0.1, -0.05) is 37.8 Å². The largest absolute Gasteiger partial charge is 0.490 e. The van der Waals surface area contributed by atoms with Gasteiger partial charge in [-0.15, -0.1) is 10.2 Å². The molecule has 3 aromatic rings. The van der Waals surface area contributed by atoms with E-state index in [9.17, 15) is 4.79 Å². The van der Waals surface area contributed by atoms with Gasteiger partial charge in [-0.05, 0) is 31.5 Å². The lowest BCUT2D eigenvalue weighted by Gasteiger charge is -2.23. The van der Waals surface area contributed by atoms with Gasteiger partial charge in [0.1, 0.15) is 18.4 Å². The number of aliphatic hydroxyl groups is 1. The van der Waals surface area contributed by atoms with E-state index < -0.39 is 11.6 Å². The molecule has 168 valence electrons. The zero-order valence-corrected chi connectivity index (χ0v) is 17.1. The van der Waals surface area contributed by atoms with Crippen LogP contribution < -0.4 is 15.8 Å². The molecule has 2 heterocycles. The predicted molar refractivity (Wildman–Crippen MR) is 118 cm³/mol. The molecule has 0 bridgehead atoms. The Morgan fingerprint density at radius 1 is 1.23 bits per heavy atom. The minimum Gasteiger partial charge on any atom is -0.490 e. The quantitative estimate of drug-likeness (QED) is 0.449. The molecule has 3 rings (SSSR count). The van der Waals surface area contributed by atoms with Gasteiger partial charge in [0, 0.05) is 0 Å². The molecule has 4 N–H and O–H groups in total. The number of hydrogen-bond acceptors (Lipinski definition) is 7. The average molecular weight is 430 g/mol. The van der Waals surface area contributed by atoms with E-state index in [2.05, 4.69) is 15.5 Å². The number of aliphatic hydroxyl groups excluding tert-OH is 1. The van der Waals surface area contributed by atoms with Crippen molar-refractivity contribution in [3.63, 3.8) is 0 Å². The third kappa shape index (κ3) is 6.48. The van der Waals surface area contributed by atoms with Crippen molar-refractivity contribution < 1.29 is 19.4 Å². The molecular weight excluding hydrogens is 398 g/mol. The summed E-state index contributed by atoms with van der Waals surface area (Å²) in [5, 5.41) is 20.3. The number of nitrogens with one attached hydrogen (secondary N) is 1. The molecule has 1 amide bonds. The normalized spacial score (nSPS) is 12.3. The molecule has 0 saturated carbocycles. The molecule has 0 fully saturated rings. The standard InChI is InChI=1S/C21H27N5O4.CH4/c1-21(2,22)20(28)23-17(14-29-13-15-6-4-3-5-7-15)19-25-24-18-9-8-16(12-26(18)19)30-11-10-27;/h3-9,12,17,27H,10-11,13-14,22H2,1-2H3,(H,23,28);1H4/t17-;/m1./s1. The summed E-state index contributed by atoms with van der Waals surface area (Å²) in [6.07, 6.45) is 1.71. The second kappa shape index (κ2) is 10.9. The van der Waals surface area contributed by atoms with Crippen LogP contribution in [-0.2, 0) is 16.1 Å². The summed E-state index contributed by atoms with van der Waals surface area (Å²) in [5.41, 5.74) is 6.50. The molecule has 0 unspecified atom stereocenters. The Balaban J connectivity index is 0.00000341. The van der Waals surface area contributed by atoms with Gasteiger partial charge in [0.25, 0.3) is 0 Å². The van der Waals surface area contributed by atoms with E-state index >= 15 is 0 Å². The van der Waals surface area contributed by atoms with E-state index in [1.165, 1.54) is 0 Å². The minimum absolute atomic E-state index is 0. The van der Waals surface area contributed by atoms with Crippen molar-refractivity contribution in [1.82, 2.24) is 19.9 Å². The van der Waals surface area contributed by atoms with Crippen molar-refractivity contribution in [3.05, 3.63) is 60.0 Å². The lowest BCUT2D eigenvalue weighted by atomic mass is 10.1. The van der Waals surface area contributed by atoms with Crippen molar-refractivity contribution in [1.29, 1.82) is 0 Å². The molecule has 31 heavy (non-hydrogen) atoms. The van der Waals surface area contributed by atoms with Gasteiger partial charge in [0.05, 0.1) is 31.6 Å². The summed E-state index contributed by atoms with van der Waals surface area (Å²) in [6.45, 7) is 3.91. The molecule has 0 aliphatic heterocycles. The fraction of sp³-hybridized carbons (Fsp3) is 0.409. The van der Waals surface area contributed by atoms with Crippen LogP contribution in [-0.4, -0.2) is 51.0 Å². The van der Waals surface area contributed by atoms with Crippen LogP contribution in [0.1, 0.15) is 38.7 Å². The molecule has 0 spiro atoms. The Morgan fingerprint density at radius 3 is 2.65 bits per heavy atom. The predicted octanol–water partition coefficient (Wildman–Crippen LogP) is 1.85. The number of hydrogen-bond donors (Lipinski definition) is 3. The third-order valence-corrected chi connectivity index (χ3v) is 4.36. The van der Waals surface area contributed by atoms with Gasteiger partial charge < -0.3 is 25.6 Å². The fourth-order valence-corrected chi connectivity index (χ4v) is 2.77. The van der Waals surface area contributed by atoms with Crippen molar-refractivity contribution in [2.45, 2.75) is 39.5 Å². The molecule has 0 aliphatic rings. The maximum atomic E-state index is 12.5. The lowest BCUT2D eigenvalue weighted by Crippen LogP contribution is -2.50. The first-order chi connectivity index (χ1) is 14.4. The van der Waals surface area contributed by atoms with Crippen LogP contribution >= 0.6 is 0 Å². The first-order valence-electron chi connectivity index (χ1n) is 9.68. The number of nitrogens with zero attached hydrogens (tertiary/aromatic N) is 3. The molecule has 9 heteroatoms. The van der Waals surface area contributed by atoms with Crippen LogP contribution in [0.25, 0.3) is 5.65 Å². The maximum absolute atomic E-state index is 12.5. The zero-order valence-electron chi connectivity index (χ0n) is 17.1. The second-order valence-electron chi connectivity index (χ2n) is 7.47. The maximum Gasteiger partial charge on any atom is 0.240 e. The number of ether oxygens (including phenoxy) is 2. The van der Waals surface area contributed by atoms with E-state index in [0.29, 0.717) is 23.8 Å². The van der Waals surface area contributed by atoms with E-state index in [1.54, 1.807) is 36.6 Å². The highest BCUT2D eigenvalue weighted by molar-refractivity contribution is 5.85. The molecule has 1 aromatic carbocycles. The summed E-state index contributed by atoms with van der Waals surface area (Å²) in [5.74, 6) is 0.706. The van der Waals surface area contributed by atoms with Gasteiger partial charge in [0.2, 0.25) is 5.91 Å². The molecule has 0 saturated heterocycles. The topological polar surface area (TPSA) is 124 Å². The number of amides is 1. The van der Waals surface area contributed by atoms with E-state index in [1.807, 2.05) is 30.3 Å². The van der Waals surface area contributed by atoms with Gasteiger partial charge in [0.15, 0.2) is 11.5 Å². The molecule has 0 radical (unpaired) electrons. The van der Waals surface area contributed by atoms with Crippen molar-refractivity contribution >= 4 is 11.6 Å². The Morgan fingerprint density at radius 2 is 1.97 bits per heavy atom. The van der Waals surface area contributed by atoms with Gasteiger partial charge in [-0.2, -0.15) is 0 Å². The molecular formula is C22H31N5O4. The van der Waals surface area contributed by atoms with Crippen LogP contribution in [0.5, 0.6) is 5.75 Å². The van der Waals surface area contributed by atoms with E-state index in [0.717, 1.165) is 5.56 Å². The van der Waals surface area contributed by atoms with Crippen molar-refractivity contribution in [2.75, 3.05) is 19.8 Å². The first-order valence-corrected chi connectivity index (χ1v) is 9.68. The van der Waals surface area contributed by atoms with Crippen LogP contribution in [0.3, 0.4) is 0 Å².